The first-order valence-electron chi connectivity index (χ1n) is 31.3. The summed E-state index contributed by atoms with van der Waals surface area (Å²) in [6.07, 6.45) is 2.09. The van der Waals surface area contributed by atoms with Crippen LogP contribution in [-0.4, -0.2) is 174 Å². The molecule has 15 nitrogen and oxygen atoms in total. The van der Waals surface area contributed by atoms with Crippen molar-refractivity contribution >= 4 is 35.2 Å². The van der Waals surface area contributed by atoms with E-state index in [0.717, 1.165) is 44.7 Å². The summed E-state index contributed by atoms with van der Waals surface area (Å²) < 4.78 is 38.6. The second-order valence-corrected chi connectivity index (χ2v) is 30.2. The summed E-state index contributed by atoms with van der Waals surface area (Å²) in [5.41, 5.74) is -4.50. The van der Waals surface area contributed by atoms with Gasteiger partial charge in [-0.3, -0.25) is 9.69 Å². The van der Waals surface area contributed by atoms with Crippen LogP contribution in [0.25, 0.3) is 0 Å². The average molecular weight is 1180 g/mol. The number of aliphatic hydroxyl groups is 4. The molecule has 5 N–H and O–H groups in total. The number of esters is 1. The molecular formula is C67H108N3O12P. The Bertz CT molecular complexity index is 2310. The Hall–Kier alpha value is -3.57. The van der Waals surface area contributed by atoms with E-state index in [1.54, 1.807) is 34.8 Å². The molecule has 1 amide bonds. The number of cyclic esters (lactones) is 1. The number of benzene rings is 3. The van der Waals surface area contributed by atoms with Crippen LogP contribution in [0.5, 0.6) is 0 Å². The maximum absolute atomic E-state index is 15.0. The Labute approximate surface area is 499 Å². The van der Waals surface area contributed by atoms with E-state index in [2.05, 4.69) is 96.3 Å². The summed E-state index contributed by atoms with van der Waals surface area (Å²) in [6, 6.07) is 32.5. The molecule has 0 aliphatic carbocycles. The van der Waals surface area contributed by atoms with Crippen molar-refractivity contribution in [2.24, 2.45) is 23.7 Å². The summed E-state index contributed by atoms with van der Waals surface area (Å²) in [5, 5.41) is 56.3. The number of carbonyl (C=O) groups is 2. The van der Waals surface area contributed by atoms with Gasteiger partial charge in [-0.1, -0.05) is 27.7 Å². The average Bonchev–Trinajstić information content (AvgIpc) is 2.52. The number of unbranched alkanes of at least 4 members (excludes halogenated alkanes) is 7. The topological polar surface area (TPSA) is 189 Å². The van der Waals surface area contributed by atoms with Gasteiger partial charge >= 0.3 is 196 Å². The molecule has 0 radical (unpaired) electrons. The number of carbonyl (C=O) groups excluding carboxylic acids is 2. The Morgan fingerprint density at radius 3 is 1.82 bits per heavy atom. The van der Waals surface area contributed by atoms with Gasteiger partial charge in [0.25, 0.3) is 0 Å². The van der Waals surface area contributed by atoms with Crippen molar-refractivity contribution in [1.29, 1.82) is 0 Å². The minimum absolute atomic E-state index is 0.195. The van der Waals surface area contributed by atoms with Crippen molar-refractivity contribution in [3.63, 3.8) is 0 Å². The molecule has 18 atom stereocenters. The number of rotatable bonds is 21. The first-order chi connectivity index (χ1) is 39.3. The minimum Gasteiger partial charge on any atom is -0.382 e. The Kier molecular flexibility index (Phi) is 25.5. The molecule has 0 spiro atoms. The third-order valence-corrected chi connectivity index (χ3v) is 24.4. The number of nitrogens with one attached hydrogen (secondary N) is 1. The molecule has 0 saturated carbocycles. The molecule has 3 heterocycles. The zero-order valence-corrected chi connectivity index (χ0v) is 53.9. The van der Waals surface area contributed by atoms with Crippen molar-refractivity contribution in [1.82, 2.24) is 15.1 Å². The molecule has 6 rings (SSSR count). The minimum atomic E-state index is -2.24. The maximum atomic E-state index is 15.0. The summed E-state index contributed by atoms with van der Waals surface area (Å²) in [7, 11) is 5.01. The molecule has 1 unspecified atom stereocenters. The van der Waals surface area contributed by atoms with Crippen LogP contribution in [0.1, 0.15) is 146 Å². The predicted molar refractivity (Wildman–Crippen MR) is 333 cm³/mol. The van der Waals surface area contributed by atoms with Gasteiger partial charge < -0.3 is 53.7 Å². The molecule has 16 heteroatoms. The van der Waals surface area contributed by atoms with Gasteiger partial charge in [-0.25, -0.2) is 4.79 Å². The first kappa shape index (κ1) is 68.5. The molecule has 3 aromatic carbocycles. The summed E-state index contributed by atoms with van der Waals surface area (Å²) in [6.45, 7) is 19.1. The van der Waals surface area contributed by atoms with Crippen LogP contribution in [-0.2, 0) is 33.2 Å². The fourth-order valence-corrected chi connectivity index (χ4v) is 19.4. The van der Waals surface area contributed by atoms with Gasteiger partial charge in [-0.05, 0) is 93.8 Å². The standard InChI is InChI=1S/C67H108N3O12P/c1-15-56-67(10,76)61(82-64(74)68-39-31-20-18-16-17-19-21-32-40-83(51-33-25-22-26-34-51,52-35-27-23-28-36-52)53-37-29-24-30-38-53)49(6)70(13)44-45(2)42-65(8,75)60(81-63-58(71)54(69(11)12)41-46(3)78-63)47(4)57(48(5)62(73)80-56)55-43-66(9,77-14)59(72)50(7)79-55/h22-30,33-38,45-50,54-61,63,71-72,75-76,83H,15-21,31-32,39-44H2,1-14H3,(H,68,74)/t45-,46-,47+,48-,49-,50+,54+,55?,56-,57+,58-,59+,60-,61-,63+,65-,66-,67-/m1/s1. The van der Waals surface area contributed by atoms with Crippen LogP contribution in [0.3, 0.4) is 0 Å². The quantitative estimate of drug-likeness (QED) is 0.0387. The first-order valence-corrected chi connectivity index (χ1v) is 33.5. The predicted octanol–water partition coefficient (Wildman–Crippen LogP) is 8.76. The van der Waals surface area contributed by atoms with Gasteiger partial charge in [0.15, 0.2) is 12.4 Å². The summed E-state index contributed by atoms with van der Waals surface area (Å²) in [4.78, 5) is 32.9. The molecular weight excluding hydrogens is 1070 g/mol. The van der Waals surface area contributed by atoms with Crippen molar-refractivity contribution in [3.8, 4) is 0 Å². The SMILES string of the molecule is CC[C@H]1OC(=O)[C@H](C)[C@@H](C2C[C@@](C)(OC)[C@@H](O)[C@H](C)O2)[C@H](C)[C@@H](O[C@@H]2O[C@H](C)C[C@H](N(C)C)[C@H]2O)[C@](C)(O)C[C@@H](C)CN(C)[C@H](C)[C@@H](OC(=O)NCCCCCCCCCC[PH](c2ccccc2)(c2ccccc2)c2ccccc2)[C@]1(C)O. The number of likely N-dealkylation sites (N-methyl/N-ethyl adjacent to an activating group) is 2. The van der Waals surface area contributed by atoms with Crippen LogP contribution in [0.4, 0.5) is 4.79 Å². The van der Waals surface area contributed by atoms with E-state index in [4.69, 9.17) is 28.4 Å². The molecule has 3 aliphatic heterocycles. The maximum Gasteiger partial charge on any atom is 0.137 e. The van der Waals surface area contributed by atoms with Gasteiger partial charge in [0.05, 0.1) is 41.5 Å². The number of hydrogen-bond donors (Lipinski definition) is 5. The van der Waals surface area contributed by atoms with Crippen molar-refractivity contribution in [2.75, 3.05) is 47.5 Å². The fourth-order valence-electron chi connectivity index (χ4n) is 14.5. The van der Waals surface area contributed by atoms with Crippen LogP contribution < -0.4 is 21.2 Å². The molecule has 3 aromatic rings. The van der Waals surface area contributed by atoms with Crippen LogP contribution in [0, 0.1) is 23.7 Å². The van der Waals surface area contributed by atoms with Crippen LogP contribution in [0.2, 0.25) is 0 Å². The van der Waals surface area contributed by atoms with E-state index in [1.165, 1.54) is 28.8 Å². The van der Waals surface area contributed by atoms with E-state index >= 15 is 4.79 Å². The fraction of sp³-hybridized carbons (Fsp3) is 0.701. The van der Waals surface area contributed by atoms with Crippen LogP contribution >= 0.6 is 7.26 Å². The molecule has 3 fully saturated rings. The van der Waals surface area contributed by atoms with E-state index in [9.17, 15) is 25.2 Å². The number of hydrogen-bond acceptors (Lipinski definition) is 14. The monoisotopic (exact) mass is 1180 g/mol. The number of amides is 1. The summed E-state index contributed by atoms with van der Waals surface area (Å²) >= 11 is 0. The Morgan fingerprint density at radius 1 is 0.771 bits per heavy atom. The normalized spacial score (nSPS) is 35.7. The second-order valence-electron chi connectivity index (χ2n) is 26.1. The van der Waals surface area contributed by atoms with Crippen molar-refractivity contribution in [2.45, 2.75) is 230 Å². The Morgan fingerprint density at radius 2 is 1.30 bits per heavy atom. The van der Waals surface area contributed by atoms with Gasteiger partial charge in [0.2, 0.25) is 0 Å². The van der Waals surface area contributed by atoms with Gasteiger partial charge in [-0.15, -0.1) is 0 Å². The van der Waals surface area contributed by atoms with Crippen molar-refractivity contribution in [3.05, 3.63) is 91.0 Å². The largest absolute Gasteiger partial charge is 0.382 e. The Balaban J connectivity index is 1.13. The number of aliphatic hydroxyl groups excluding tert-OH is 2. The molecule has 468 valence electrons. The number of alkyl carbamates (subject to hydrolysis) is 1. The van der Waals surface area contributed by atoms with E-state index < -0.39 is 109 Å². The summed E-state index contributed by atoms with van der Waals surface area (Å²) in [5.74, 6) is -3.15. The second kappa shape index (κ2) is 30.9. The van der Waals surface area contributed by atoms with E-state index in [-0.39, 0.29) is 37.3 Å². The zero-order valence-electron chi connectivity index (χ0n) is 52.9. The number of ether oxygens (including phenoxy) is 6. The number of nitrogens with zero attached hydrogens (tertiary/aromatic N) is 2. The van der Waals surface area contributed by atoms with Gasteiger partial charge in [-0.2, -0.15) is 0 Å². The smallest absolute Gasteiger partial charge is 0.137 e. The van der Waals surface area contributed by atoms with E-state index in [1.807, 2.05) is 72.5 Å². The third-order valence-electron chi connectivity index (χ3n) is 19.3. The van der Waals surface area contributed by atoms with E-state index in [0.29, 0.717) is 19.5 Å². The molecule has 3 saturated heterocycles. The molecule has 83 heavy (non-hydrogen) atoms. The van der Waals surface area contributed by atoms with Crippen molar-refractivity contribution < 1.29 is 58.4 Å². The molecule has 3 aliphatic rings. The van der Waals surface area contributed by atoms with Crippen LogP contribution in [0.15, 0.2) is 91.0 Å². The number of methoxy groups -OCH3 is 1. The zero-order chi connectivity index (χ0) is 60.9. The molecule has 0 aromatic heterocycles. The van der Waals surface area contributed by atoms with Gasteiger partial charge in [0.1, 0.15) is 23.9 Å². The third kappa shape index (κ3) is 16.9. The van der Waals surface area contributed by atoms with Gasteiger partial charge in [0, 0.05) is 38.1 Å². The molecule has 0 bridgehead atoms.